The predicted octanol–water partition coefficient (Wildman–Crippen LogP) is 4.63. The number of hydrogen-bond acceptors (Lipinski definition) is 3. The van der Waals surface area contributed by atoms with Crippen LogP contribution in [0.4, 0.5) is 0 Å². The number of guanidine groups is 1. The number of aliphatic imine (C=N–C) groups is 1. The molecule has 2 N–H and O–H groups in total. The molecule has 0 aliphatic carbocycles. The average molecular weight is 569 g/mol. The molecule has 2 aromatic carbocycles. The van der Waals surface area contributed by atoms with Crippen LogP contribution in [0.2, 0.25) is 5.02 Å². The van der Waals surface area contributed by atoms with Gasteiger partial charge in [0, 0.05) is 48.1 Å². The number of hydrogen-bond donors (Lipinski definition) is 2. The summed E-state index contributed by atoms with van der Waals surface area (Å²) < 4.78 is 1.70. The fourth-order valence-electron chi connectivity index (χ4n) is 2.83. The van der Waals surface area contributed by atoms with Crippen LogP contribution in [-0.2, 0) is 13.1 Å². The zero-order valence-electron chi connectivity index (χ0n) is 17.3. The monoisotopic (exact) mass is 568 g/mol. The lowest BCUT2D eigenvalue weighted by atomic mass is 10.1. The number of pyridine rings is 1. The van der Waals surface area contributed by atoms with E-state index >= 15 is 0 Å². The number of thioether (sulfide) groups is 1. The molecule has 5 nitrogen and oxygen atoms in total. The third-order valence-corrected chi connectivity index (χ3v) is 5.70. The topological polar surface area (TPSA) is 58.4 Å². The van der Waals surface area contributed by atoms with Crippen LogP contribution in [0.25, 0.3) is 0 Å². The number of rotatable bonds is 8. The lowest BCUT2D eigenvalue weighted by Crippen LogP contribution is -2.37. The molecule has 8 heteroatoms. The van der Waals surface area contributed by atoms with Crippen molar-refractivity contribution in [1.29, 1.82) is 0 Å². The standard InChI is InChI=1S/C23H25ClN4OS.HI/c1-25-23(26-13-15-30-21-11-9-20(24)10-12-21)27-16-18-5-7-19(8-6-18)17-28-14-3-2-4-22(28)29;/h2-12,14H,13,15-17H2,1H3,(H2,25,26,27);1H. The number of nitrogens with zero attached hydrogens (tertiary/aromatic N) is 2. The van der Waals surface area contributed by atoms with E-state index in [1.54, 1.807) is 41.7 Å². The molecule has 0 fully saturated rings. The summed E-state index contributed by atoms with van der Waals surface area (Å²) in [7, 11) is 1.77. The van der Waals surface area contributed by atoms with E-state index in [4.69, 9.17) is 11.6 Å². The molecule has 0 radical (unpaired) electrons. The minimum absolute atomic E-state index is 0. The van der Waals surface area contributed by atoms with Crippen LogP contribution in [0, 0.1) is 0 Å². The Morgan fingerprint density at radius 3 is 2.39 bits per heavy atom. The molecule has 164 valence electrons. The molecular weight excluding hydrogens is 543 g/mol. The molecular formula is C23H26ClIN4OS. The first-order valence-corrected chi connectivity index (χ1v) is 11.1. The van der Waals surface area contributed by atoms with Crippen molar-refractivity contribution in [3.05, 3.63) is 99.4 Å². The van der Waals surface area contributed by atoms with Crippen molar-refractivity contribution in [2.45, 2.75) is 18.0 Å². The van der Waals surface area contributed by atoms with Crippen LogP contribution in [0.1, 0.15) is 11.1 Å². The zero-order chi connectivity index (χ0) is 21.2. The van der Waals surface area contributed by atoms with Crippen molar-refractivity contribution < 1.29 is 0 Å². The molecule has 0 unspecified atom stereocenters. The summed E-state index contributed by atoms with van der Waals surface area (Å²) in [5.41, 5.74) is 2.25. The summed E-state index contributed by atoms with van der Waals surface area (Å²) in [5, 5.41) is 7.41. The first-order valence-electron chi connectivity index (χ1n) is 9.70. The van der Waals surface area contributed by atoms with Gasteiger partial charge in [-0.1, -0.05) is 41.9 Å². The van der Waals surface area contributed by atoms with Crippen LogP contribution < -0.4 is 16.2 Å². The first kappa shape index (κ1) is 25.3. The van der Waals surface area contributed by atoms with Gasteiger partial charge in [0.25, 0.3) is 5.56 Å². The van der Waals surface area contributed by atoms with Crippen molar-refractivity contribution in [2.24, 2.45) is 4.99 Å². The molecule has 0 amide bonds. The van der Waals surface area contributed by atoms with Crippen molar-refractivity contribution in [1.82, 2.24) is 15.2 Å². The highest BCUT2D eigenvalue weighted by atomic mass is 127. The smallest absolute Gasteiger partial charge is 0.250 e. The van der Waals surface area contributed by atoms with Gasteiger partial charge in [-0.2, -0.15) is 0 Å². The van der Waals surface area contributed by atoms with Crippen molar-refractivity contribution >= 4 is 53.3 Å². The minimum atomic E-state index is 0. The summed E-state index contributed by atoms with van der Waals surface area (Å²) in [6.45, 7) is 2.05. The van der Waals surface area contributed by atoms with Gasteiger partial charge in [-0.3, -0.25) is 9.79 Å². The summed E-state index contributed by atoms with van der Waals surface area (Å²) in [6.07, 6.45) is 1.80. The Balaban J connectivity index is 0.00000341. The lowest BCUT2D eigenvalue weighted by Gasteiger charge is -2.12. The van der Waals surface area contributed by atoms with Gasteiger partial charge in [-0.05, 0) is 41.5 Å². The van der Waals surface area contributed by atoms with E-state index in [0.29, 0.717) is 13.1 Å². The molecule has 3 rings (SSSR count). The highest BCUT2D eigenvalue weighted by Crippen LogP contribution is 2.19. The number of nitrogens with one attached hydrogen (secondary N) is 2. The third kappa shape index (κ3) is 8.59. The molecule has 0 saturated heterocycles. The molecule has 0 saturated carbocycles. The van der Waals surface area contributed by atoms with Gasteiger partial charge in [0.1, 0.15) is 0 Å². The van der Waals surface area contributed by atoms with E-state index in [1.807, 2.05) is 30.3 Å². The molecule has 0 aliphatic heterocycles. The Labute approximate surface area is 209 Å². The van der Waals surface area contributed by atoms with E-state index in [1.165, 1.54) is 4.90 Å². The van der Waals surface area contributed by atoms with E-state index in [2.05, 4.69) is 39.9 Å². The maximum atomic E-state index is 11.8. The van der Waals surface area contributed by atoms with Gasteiger partial charge in [0.05, 0.1) is 6.54 Å². The quantitative estimate of drug-likeness (QED) is 0.137. The molecule has 0 spiro atoms. The second kappa shape index (κ2) is 13.4. The van der Waals surface area contributed by atoms with Gasteiger partial charge < -0.3 is 15.2 Å². The summed E-state index contributed by atoms with van der Waals surface area (Å²) in [4.78, 5) is 17.3. The fraction of sp³-hybridized carbons (Fsp3) is 0.217. The van der Waals surface area contributed by atoms with Gasteiger partial charge in [-0.15, -0.1) is 35.7 Å². The van der Waals surface area contributed by atoms with Crippen LogP contribution in [-0.4, -0.2) is 29.9 Å². The summed E-state index contributed by atoms with van der Waals surface area (Å²) >= 11 is 7.68. The van der Waals surface area contributed by atoms with Crippen molar-refractivity contribution in [2.75, 3.05) is 19.3 Å². The first-order chi connectivity index (χ1) is 14.6. The van der Waals surface area contributed by atoms with Crippen LogP contribution in [0.15, 0.2) is 87.6 Å². The number of aromatic nitrogens is 1. The third-order valence-electron chi connectivity index (χ3n) is 4.44. The largest absolute Gasteiger partial charge is 0.356 e. The lowest BCUT2D eigenvalue weighted by molar-refractivity contribution is 0.758. The Morgan fingerprint density at radius 2 is 1.71 bits per heavy atom. The highest BCUT2D eigenvalue weighted by Gasteiger charge is 2.01. The van der Waals surface area contributed by atoms with Crippen LogP contribution in [0.5, 0.6) is 0 Å². The summed E-state index contributed by atoms with van der Waals surface area (Å²) in [6, 6.07) is 21.3. The normalized spacial score (nSPS) is 11.0. The molecule has 0 bridgehead atoms. The number of halogens is 2. The second-order valence-corrected chi connectivity index (χ2v) is 8.24. The van der Waals surface area contributed by atoms with Gasteiger partial charge in [0.15, 0.2) is 5.96 Å². The fourth-order valence-corrected chi connectivity index (χ4v) is 3.72. The van der Waals surface area contributed by atoms with Crippen molar-refractivity contribution in [3.8, 4) is 0 Å². The minimum Gasteiger partial charge on any atom is -0.356 e. The molecule has 0 atom stereocenters. The second-order valence-electron chi connectivity index (χ2n) is 6.64. The van der Waals surface area contributed by atoms with Gasteiger partial charge in [-0.25, -0.2) is 0 Å². The molecule has 0 aliphatic rings. The predicted molar refractivity (Wildman–Crippen MR) is 142 cm³/mol. The molecule has 3 aromatic rings. The van der Waals surface area contributed by atoms with E-state index in [9.17, 15) is 4.79 Å². The Bertz CT molecular complexity index is 1020. The van der Waals surface area contributed by atoms with Crippen molar-refractivity contribution in [3.63, 3.8) is 0 Å². The summed E-state index contributed by atoms with van der Waals surface area (Å²) in [5.74, 6) is 1.70. The van der Waals surface area contributed by atoms with E-state index < -0.39 is 0 Å². The Hall–Kier alpha value is -1.97. The van der Waals surface area contributed by atoms with Gasteiger partial charge in [0.2, 0.25) is 0 Å². The Morgan fingerprint density at radius 1 is 1.00 bits per heavy atom. The maximum absolute atomic E-state index is 11.8. The molecule has 1 heterocycles. The average Bonchev–Trinajstić information content (AvgIpc) is 2.77. The van der Waals surface area contributed by atoms with Crippen LogP contribution >= 0.6 is 47.3 Å². The van der Waals surface area contributed by atoms with Crippen LogP contribution in [0.3, 0.4) is 0 Å². The number of benzene rings is 2. The zero-order valence-corrected chi connectivity index (χ0v) is 21.2. The highest BCUT2D eigenvalue weighted by molar-refractivity contribution is 14.0. The SMILES string of the molecule is CN=C(NCCSc1ccc(Cl)cc1)NCc1ccc(Cn2ccccc2=O)cc1.I. The molecule has 1 aromatic heterocycles. The molecule has 31 heavy (non-hydrogen) atoms. The maximum Gasteiger partial charge on any atom is 0.250 e. The van der Waals surface area contributed by atoms with E-state index in [-0.39, 0.29) is 29.5 Å². The Kier molecular flexibility index (Phi) is 11.0. The van der Waals surface area contributed by atoms with Gasteiger partial charge >= 0.3 is 0 Å². The van der Waals surface area contributed by atoms with E-state index in [0.717, 1.165) is 34.4 Å².